The number of aromatic nitrogens is 6. The standard InChI is InChI=1S/C36H35N5O.C23H24N2.C17H16N2OS/c42-36-33(23-26-11-4-1-5-12-26)37-31-25-34-32(24-30(31)39-36)38-35(41(34)22-10-21-40-19-8-3-9-20-40)29-17-15-28(16-18-29)27-13-6-2-7-14-27;1-15-6-7-16-11-19(12-18(16)10-15)23-22-13-21(9-8-17(22)14-24-23)25-20-4-2-3-5-20;1-17(2,20)13-4-3-10-7-12(8-11(10)9-13)15-16-14(18-19-15)5-6-21-16/h1-2,4-7,11-18,24-25H,3,8-10,19-23H2,(H,39,42);6-11,13,20,25H,2-5,12,14H2,1H3;3-7,9,20H,8H2,1-2H3,(H,18,19). The highest BCUT2D eigenvalue weighted by Gasteiger charge is 2.26. The zero-order chi connectivity index (χ0) is 59.7. The first-order valence-corrected chi connectivity index (χ1v) is 32.5. The predicted molar refractivity (Wildman–Crippen MR) is 363 cm³/mol. The third kappa shape index (κ3) is 12.3. The number of thiophene rings is 1. The highest BCUT2D eigenvalue weighted by atomic mass is 32.1. The molecule has 0 radical (unpaired) electrons. The lowest BCUT2D eigenvalue weighted by molar-refractivity contribution is 0.0785. The van der Waals surface area contributed by atoms with Gasteiger partial charge >= 0.3 is 0 Å². The number of rotatable bonds is 13. The lowest BCUT2D eigenvalue weighted by Gasteiger charge is -2.26. The first kappa shape index (κ1) is 57.0. The maximum Gasteiger partial charge on any atom is 0.270 e. The van der Waals surface area contributed by atoms with Crippen molar-refractivity contribution >= 4 is 72.7 Å². The fraction of sp³-hybridized carbons (Fsp3) is 0.276. The number of piperidine rings is 1. The van der Waals surface area contributed by atoms with Crippen LogP contribution >= 0.6 is 11.3 Å². The number of anilines is 1. The van der Waals surface area contributed by atoms with Gasteiger partial charge in [-0.25, -0.2) is 9.97 Å². The number of nitrogens with one attached hydrogen (secondary N) is 3. The molecule has 6 heterocycles. The van der Waals surface area contributed by atoms with E-state index in [0.717, 1.165) is 89.2 Å². The average molecular weight is 1180 g/mol. The number of benzene rings is 7. The number of aromatic amines is 2. The molecule has 2 aliphatic heterocycles. The van der Waals surface area contributed by atoms with Crippen LogP contribution in [0.5, 0.6) is 0 Å². The van der Waals surface area contributed by atoms with Crippen LogP contribution in [0.4, 0.5) is 5.69 Å². The molecule has 11 aromatic rings. The second-order valence-corrected chi connectivity index (χ2v) is 26.0. The Kier molecular flexibility index (Phi) is 16.0. The first-order chi connectivity index (χ1) is 43.0. The van der Waals surface area contributed by atoms with Crippen LogP contribution in [0.25, 0.3) is 72.5 Å². The SMILES string of the molecule is CC(C)(O)c1ccc2c(c1)CC(c1n[nH]c3ccsc13)=C2.Cc1ccc2c(c1)CC(C1=NCc3ccc(NC4CCCC4)cc31)=C2.O=c1[nH]c2cc3nc(-c4ccc(-c5ccccc5)cc4)n(CCCN4CCCCC4)c3cc2nc1Cc1ccccc1. The number of likely N-dealkylation sites (tertiary alicyclic amines) is 1. The molecule has 7 aromatic carbocycles. The second-order valence-electron chi connectivity index (χ2n) is 25.1. The predicted octanol–water partition coefficient (Wildman–Crippen LogP) is 16.3. The maximum absolute atomic E-state index is 13.0. The van der Waals surface area contributed by atoms with E-state index in [1.54, 1.807) is 11.3 Å². The van der Waals surface area contributed by atoms with Crippen LogP contribution in [-0.4, -0.2) is 71.1 Å². The van der Waals surface area contributed by atoms with Crippen molar-refractivity contribution in [1.29, 1.82) is 0 Å². The number of aliphatic hydroxyl groups is 1. The molecule has 2 fully saturated rings. The van der Waals surface area contributed by atoms with Crippen LogP contribution < -0.4 is 10.9 Å². The number of aryl methyl sites for hydroxylation is 2. The minimum Gasteiger partial charge on any atom is -0.386 e. The van der Waals surface area contributed by atoms with Crippen molar-refractivity contribution in [2.75, 3.05) is 25.0 Å². The Labute approximate surface area is 518 Å². The van der Waals surface area contributed by atoms with E-state index in [1.807, 2.05) is 62.4 Å². The number of fused-ring (bicyclic) bond motifs is 6. The molecular formula is C76H75N9O2S. The van der Waals surface area contributed by atoms with E-state index in [1.165, 1.54) is 135 Å². The van der Waals surface area contributed by atoms with Crippen molar-refractivity contribution in [3.63, 3.8) is 0 Å². The van der Waals surface area contributed by atoms with Gasteiger partial charge in [-0.05, 0) is 182 Å². The minimum atomic E-state index is -0.800. The molecule has 0 spiro atoms. The van der Waals surface area contributed by atoms with Gasteiger partial charge in [0.2, 0.25) is 0 Å². The molecular weight excluding hydrogens is 1100 g/mol. The molecule has 11 nitrogen and oxygen atoms in total. The largest absolute Gasteiger partial charge is 0.386 e. The third-order valence-corrected chi connectivity index (χ3v) is 19.2. The van der Waals surface area contributed by atoms with Crippen molar-refractivity contribution in [1.82, 2.24) is 34.6 Å². The molecule has 0 atom stereocenters. The number of hydrogen-bond acceptors (Lipinski definition) is 9. The Bertz CT molecular complexity index is 4510. The van der Waals surface area contributed by atoms with Crippen LogP contribution in [0, 0.1) is 6.92 Å². The smallest absolute Gasteiger partial charge is 0.270 e. The van der Waals surface area contributed by atoms with Gasteiger partial charge in [0.05, 0.1) is 50.1 Å². The van der Waals surface area contributed by atoms with Gasteiger partial charge in [-0.2, -0.15) is 5.10 Å². The van der Waals surface area contributed by atoms with Crippen molar-refractivity contribution in [3.05, 3.63) is 240 Å². The quantitative estimate of drug-likeness (QED) is 0.0901. The van der Waals surface area contributed by atoms with E-state index in [4.69, 9.17) is 15.0 Å². The van der Waals surface area contributed by atoms with Crippen LogP contribution in [0.3, 0.4) is 0 Å². The summed E-state index contributed by atoms with van der Waals surface area (Å²) >= 11 is 1.72. The zero-order valence-electron chi connectivity index (χ0n) is 50.6. The molecule has 1 saturated carbocycles. The van der Waals surface area contributed by atoms with Gasteiger partial charge < -0.3 is 24.9 Å². The molecule has 4 aromatic heterocycles. The number of hydrogen-bond donors (Lipinski definition) is 4. The molecule has 88 heavy (non-hydrogen) atoms. The van der Waals surface area contributed by atoms with Crippen molar-refractivity contribution < 1.29 is 5.11 Å². The Morgan fingerprint density at radius 1 is 0.682 bits per heavy atom. The molecule has 5 aliphatic rings. The number of nitrogens with zero attached hydrogens (tertiary/aromatic N) is 6. The molecule has 3 aliphatic carbocycles. The summed E-state index contributed by atoms with van der Waals surface area (Å²) in [6, 6.07) is 55.7. The van der Waals surface area contributed by atoms with Gasteiger partial charge in [-0.1, -0.05) is 152 Å². The van der Waals surface area contributed by atoms with E-state index in [9.17, 15) is 9.90 Å². The van der Waals surface area contributed by atoms with Crippen LogP contribution in [0.2, 0.25) is 0 Å². The van der Waals surface area contributed by atoms with Gasteiger partial charge in [0, 0.05) is 48.7 Å². The average Bonchev–Trinajstić information content (AvgIpc) is 2.65. The minimum absolute atomic E-state index is 0.150. The van der Waals surface area contributed by atoms with Crippen LogP contribution in [0.15, 0.2) is 178 Å². The van der Waals surface area contributed by atoms with Gasteiger partial charge in [0.1, 0.15) is 17.2 Å². The Balaban J connectivity index is 0.000000125. The van der Waals surface area contributed by atoms with E-state index in [2.05, 4.69) is 164 Å². The van der Waals surface area contributed by atoms with Crippen LogP contribution in [-0.2, 0) is 38.0 Å². The third-order valence-electron chi connectivity index (χ3n) is 18.2. The van der Waals surface area contributed by atoms with Gasteiger partial charge in [0.25, 0.3) is 5.56 Å². The van der Waals surface area contributed by atoms with E-state index < -0.39 is 5.60 Å². The van der Waals surface area contributed by atoms with Crippen molar-refractivity contribution in [2.24, 2.45) is 4.99 Å². The summed E-state index contributed by atoms with van der Waals surface area (Å²) < 4.78 is 3.57. The highest BCUT2D eigenvalue weighted by Crippen LogP contribution is 2.39. The van der Waals surface area contributed by atoms with Crippen molar-refractivity contribution in [2.45, 2.75) is 116 Å². The first-order valence-electron chi connectivity index (χ1n) is 31.6. The molecule has 1 saturated heterocycles. The Hall–Kier alpha value is -8.81. The molecule has 4 N–H and O–H groups in total. The summed E-state index contributed by atoms with van der Waals surface area (Å²) in [4.78, 5) is 33.5. The van der Waals surface area contributed by atoms with E-state index in [-0.39, 0.29) is 5.56 Å². The number of H-pyrrole nitrogens is 2. The summed E-state index contributed by atoms with van der Waals surface area (Å²) in [7, 11) is 0. The normalized spacial score (nSPS) is 15.5. The van der Waals surface area contributed by atoms with Gasteiger partial charge in [-0.3, -0.25) is 14.9 Å². The summed E-state index contributed by atoms with van der Waals surface area (Å²) in [5, 5.41) is 23.5. The molecule has 12 heteroatoms. The fourth-order valence-electron chi connectivity index (χ4n) is 13.5. The summed E-state index contributed by atoms with van der Waals surface area (Å²) in [6.07, 6.45) is 17.2. The number of imidazole rings is 1. The lowest BCUT2D eigenvalue weighted by Crippen LogP contribution is -2.31. The van der Waals surface area contributed by atoms with Gasteiger partial charge in [-0.15, -0.1) is 11.3 Å². The summed E-state index contributed by atoms with van der Waals surface area (Å²) in [5.74, 6) is 0.949. The van der Waals surface area contributed by atoms with Crippen LogP contribution in [0.1, 0.15) is 127 Å². The summed E-state index contributed by atoms with van der Waals surface area (Å²) in [6.45, 7) is 11.0. The monoisotopic (exact) mass is 1180 g/mol. The number of aliphatic imine (C=N–C) groups is 1. The zero-order valence-corrected chi connectivity index (χ0v) is 51.4. The molecule has 442 valence electrons. The molecule has 0 unspecified atom stereocenters. The topological polar surface area (TPSA) is 140 Å². The summed E-state index contributed by atoms with van der Waals surface area (Å²) in [5.41, 5.74) is 25.1. The molecule has 16 rings (SSSR count). The van der Waals surface area contributed by atoms with E-state index >= 15 is 0 Å². The Morgan fingerprint density at radius 2 is 1.41 bits per heavy atom. The molecule has 0 bridgehead atoms. The second kappa shape index (κ2) is 24.8. The Morgan fingerprint density at radius 3 is 2.20 bits per heavy atom. The van der Waals surface area contributed by atoms with Gasteiger partial charge in [0.15, 0.2) is 0 Å². The number of allylic oxidation sites excluding steroid dienone is 2. The lowest BCUT2D eigenvalue weighted by atomic mass is 9.94. The van der Waals surface area contributed by atoms with E-state index in [0.29, 0.717) is 23.7 Å². The maximum atomic E-state index is 13.0. The highest BCUT2D eigenvalue weighted by molar-refractivity contribution is 7.17. The molecule has 0 amide bonds. The van der Waals surface area contributed by atoms with Crippen molar-refractivity contribution in [3.8, 4) is 22.5 Å². The fourth-order valence-corrected chi connectivity index (χ4v) is 14.4.